The molecule has 28 heavy (non-hydrogen) atoms. The third kappa shape index (κ3) is 5.14. The van der Waals surface area contributed by atoms with Gasteiger partial charge in [-0.2, -0.15) is 0 Å². The van der Waals surface area contributed by atoms with Crippen LogP contribution in [-0.4, -0.2) is 32.7 Å². The van der Waals surface area contributed by atoms with Crippen LogP contribution in [0.25, 0.3) is 0 Å². The van der Waals surface area contributed by atoms with Gasteiger partial charge in [-0.15, -0.1) is 10.2 Å². The Morgan fingerprint density at radius 2 is 1.96 bits per heavy atom. The molecule has 11 heteroatoms. The van der Waals surface area contributed by atoms with Gasteiger partial charge in [0.05, 0.1) is 16.9 Å². The fourth-order valence-electron chi connectivity index (χ4n) is 2.08. The first kappa shape index (κ1) is 19.0. The van der Waals surface area contributed by atoms with Crippen molar-refractivity contribution in [1.82, 2.24) is 10.2 Å². The number of nitro benzene ring substituents is 1. The van der Waals surface area contributed by atoms with Crippen LogP contribution in [0, 0.1) is 10.1 Å². The second-order valence-electron chi connectivity index (χ2n) is 5.33. The normalized spacial score (nSPS) is 10.3. The first-order valence-corrected chi connectivity index (χ1v) is 8.85. The van der Waals surface area contributed by atoms with E-state index in [1.807, 2.05) is 0 Å². The molecule has 0 atom stereocenters. The summed E-state index contributed by atoms with van der Waals surface area (Å²) in [6.45, 7) is 0. The summed E-state index contributed by atoms with van der Waals surface area (Å²) >= 11 is 1.13. The van der Waals surface area contributed by atoms with Gasteiger partial charge in [0.1, 0.15) is 5.03 Å². The Kier molecular flexibility index (Phi) is 5.97. The molecule has 0 aliphatic heterocycles. The number of non-ortho nitro benzene ring substituents is 1. The minimum absolute atomic E-state index is 0.0372. The van der Waals surface area contributed by atoms with E-state index in [9.17, 15) is 19.7 Å². The standard InChI is InChI=1S/C17H13N5O5S/c23-15(18-11-3-1-4-12(9-11)22(25)26)10-28-16-7-6-14(20-21-16)19-17(24)13-5-2-8-27-13/h1-9H,10H2,(H,18,23)(H,19,20,24). The molecule has 2 aromatic heterocycles. The number of anilines is 2. The number of nitrogens with one attached hydrogen (secondary N) is 2. The fraction of sp³-hybridized carbons (Fsp3) is 0.0588. The highest BCUT2D eigenvalue weighted by molar-refractivity contribution is 7.99. The van der Waals surface area contributed by atoms with E-state index in [0.717, 1.165) is 11.8 Å². The molecule has 0 spiro atoms. The number of rotatable bonds is 7. The average molecular weight is 399 g/mol. The number of nitro groups is 1. The maximum atomic E-state index is 12.0. The van der Waals surface area contributed by atoms with E-state index in [4.69, 9.17) is 4.42 Å². The van der Waals surface area contributed by atoms with Crippen molar-refractivity contribution in [2.75, 3.05) is 16.4 Å². The van der Waals surface area contributed by atoms with Gasteiger partial charge >= 0.3 is 0 Å². The van der Waals surface area contributed by atoms with Gasteiger partial charge in [-0.25, -0.2) is 0 Å². The number of carbonyl (C=O) groups is 2. The molecular formula is C17H13N5O5S. The van der Waals surface area contributed by atoms with Crippen molar-refractivity contribution in [3.8, 4) is 0 Å². The smallest absolute Gasteiger partial charge is 0.292 e. The summed E-state index contributed by atoms with van der Waals surface area (Å²) in [7, 11) is 0. The molecule has 0 bridgehead atoms. The Balaban J connectivity index is 1.50. The zero-order valence-electron chi connectivity index (χ0n) is 14.2. The van der Waals surface area contributed by atoms with Crippen molar-refractivity contribution in [2.24, 2.45) is 0 Å². The van der Waals surface area contributed by atoms with Crippen LogP contribution in [-0.2, 0) is 4.79 Å². The van der Waals surface area contributed by atoms with Crippen molar-refractivity contribution in [3.63, 3.8) is 0 Å². The molecule has 1 aromatic carbocycles. The first-order valence-electron chi connectivity index (χ1n) is 7.87. The molecule has 3 rings (SSSR count). The molecule has 0 aliphatic rings. The maximum absolute atomic E-state index is 12.0. The molecule has 2 amide bonds. The number of furan rings is 1. The topological polar surface area (TPSA) is 140 Å². The highest BCUT2D eigenvalue weighted by Gasteiger charge is 2.11. The highest BCUT2D eigenvalue weighted by atomic mass is 32.2. The predicted octanol–water partition coefficient (Wildman–Crippen LogP) is 2.96. The number of carbonyl (C=O) groups excluding carboxylic acids is 2. The zero-order valence-corrected chi connectivity index (χ0v) is 15.0. The van der Waals surface area contributed by atoms with Crippen molar-refractivity contribution in [3.05, 3.63) is 70.7 Å². The van der Waals surface area contributed by atoms with Gasteiger partial charge in [-0.05, 0) is 30.3 Å². The van der Waals surface area contributed by atoms with E-state index in [0.29, 0.717) is 10.7 Å². The number of nitrogens with zero attached hydrogens (tertiary/aromatic N) is 3. The van der Waals surface area contributed by atoms with E-state index in [2.05, 4.69) is 20.8 Å². The molecule has 10 nitrogen and oxygen atoms in total. The molecule has 0 fully saturated rings. The number of hydrogen-bond acceptors (Lipinski definition) is 8. The summed E-state index contributed by atoms with van der Waals surface area (Å²) in [5.74, 6) is -0.362. The lowest BCUT2D eigenvalue weighted by Crippen LogP contribution is -2.14. The van der Waals surface area contributed by atoms with Crippen LogP contribution in [0.3, 0.4) is 0 Å². The van der Waals surface area contributed by atoms with Crippen LogP contribution in [0.4, 0.5) is 17.2 Å². The van der Waals surface area contributed by atoms with Crippen molar-refractivity contribution in [1.29, 1.82) is 0 Å². The van der Waals surface area contributed by atoms with Crippen molar-refractivity contribution < 1.29 is 18.9 Å². The minimum Gasteiger partial charge on any atom is -0.459 e. The Bertz CT molecular complexity index is 991. The summed E-state index contributed by atoms with van der Waals surface area (Å²) in [6.07, 6.45) is 1.39. The lowest BCUT2D eigenvalue weighted by molar-refractivity contribution is -0.384. The second-order valence-corrected chi connectivity index (χ2v) is 6.33. The number of amides is 2. The van der Waals surface area contributed by atoms with Gasteiger partial charge in [0.2, 0.25) is 5.91 Å². The summed E-state index contributed by atoms with van der Waals surface area (Å²) in [4.78, 5) is 34.1. The summed E-state index contributed by atoms with van der Waals surface area (Å²) in [6, 6.07) is 11.9. The number of hydrogen-bond donors (Lipinski definition) is 2. The minimum atomic E-state index is -0.535. The molecule has 2 N–H and O–H groups in total. The van der Waals surface area contributed by atoms with Crippen LogP contribution in [0.15, 0.2) is 64.2 Å². The van der Waals surface area contributed by atoms with Crippen molar-refractivity contribution >= 4 is 40.8 Å². The molecule has 142 valence electrons. The van der Waals surface area contributed by atoms with Crippen LogP contribution in [0.5, 0.6) is 0 Å². The van der Waals surface area contributed by atoms with Gasteiger partial charge in [0.15, 0.2) is 11.6 Å². The Hall–Kier alpha value is -3.73. The fourth-order valence-corrected chi connectivity index (χ4v) is 2.70. The van der Waals surface area contributed by atoms with E-state index < -0.39 is 10.8 Å². The maximum Gasteiger partial charge on any atom is 0.292 e. The quantitative estimate of drug-likeness (QED) is 0.351. The number of thioether (sulfide) groups is 1. The predicted molar refractivity (Wildman–Crippen MR) is 101 cm³/mol. The molecular weight excluding hydrogens is 386 g/mol. The zero-order chi connectivity index (χ0) is 19.9. The van der Waals surface area contributed by atoms with E-state index in [-0.39, 0.29) is 28.9 Å². The van der Waals surface area contributed by atoms with Gasteiger partial charge in [0, 0.05) is 17.8 Å². The van der Waals surface area contributed by atoms with Crippen LogP contribution in [0.1, 0.15) is 10.6 Å². The number of benzene rings is 1. The molecule has 0 radical (unpaired) electrons. The Morgan fingerprint density at radius 3 is 2.64 bits per heavy atom. The molecule has 0 saturated carbocycles. The molecule has 2 heterocycles. The second kappa shape index (κ2) is 8.77. The summed E-state index contributed by atoms with van der Waals surface area (Å²) in [5.41, 5.74) is 0.227. The SMILES string of the molecule is O=C(CSc1ccc(NC(=O)c2ccco2)nn1)Nc1cccc([N+](=O)[O-])c1. The van der Waals surface area contributed by atoms with Gasteiger partial charge in [-0.1, -0.05) is 17.8 Å². The first-order chi connectivity index (χ1) is 13.5. The lowest BCUT2D eigenvalue weighted by atomic mass is 10.3. The monoisotopic (exact) mass is 399 g/mol. The van der Waals surface area contributed by atoms with Gasteiger partial charge in [-0.3, -0.25) is 19.7 Å². The van der Waals surface area contributed by atoms with Crippen LogP contribution in [0.2, 0.25) is 0 Å². The summed E-state index contributed by atoms with van der Waals surface area (Å²) in [5, 5.41) is 24.1. The van der Waals surface area contributed by atoms with Gasteiger partial charge < -0.3 is 15.1 Å². The molecule has 0 unspecified atom stereocenters. The third-order valence-electron chi connectivity index (χ3n) is 3.32. The van der Waals surface area contributed by atoms with E-state index in [1.165, 1.54) is 30.5 Å². The molecule has 0 aliphatic carbocycles. The Labute approximate surface area is 162 Å². The highest BCUT2D eigenvalue weighted by Crippen LogP contribution is 2.19. The molecule has 0 saturated heterocycles. The lowest BCUT2D eigenvalue weighted by Gasteiger charge is -2.05. The van der Waals surface area contributed by atoms with Crippen LogP contribution >= 0.6 is 11.8 Å². The van der Waals surface area contributed by atoms with Crippen molar-refractivity contribution in [2.45, 2.75) is 5.03 Å². The summed E-state index contributed by atoms with van der Waals surface area (Å²) < 4.78 is 4.98. The third-order valence-corrected chi connectivity index (χ3v) is 4.24. The van der Waals surface area contributed by atoms with E-state index in [1.54, 1.807) is 24.3 Å². The van der Waals surface area contributed by atoms with Gasteiger partial charge in [0.25, 0.3) is 11.6 Å². The number of aromatic nitrogens is 2. The van der Waals surface area contributed by atoms with Crippen LogP contribution < -0.4 is 10.6 Å². The van der Waals surface area contributed by atoms with E-state index >= 15 is 0 Å². The largest absolute Gasteiger partial charge is 0.459 e. The molecule has 3 aromatic rings. The Morgan fingerprint density at radius 1 is 1.11 bits per heavy atom. The average Bonchev–Trinajstić information content (AvgIpc) is 3.23.